The smallest absolute Gasteiger partial charge is 0.230 e. The average Bonchev–Trinajstić information content (AvgIpc) is 2.83. The summed E-state index contributed by atoms with van der Waals surface area (Å²) in [6, 6.07) is 0.389. The molecule has 2 fully saturated rings. The maximum absolute atomic E-state index is 13.2. The second-order valence-electron chi connectivity index (χ2n) is 7.25. The van der Waals surface area contributed by atoms with E-state index >= 15 is 0 Å². The number of rotatable bonds is 2. The molecule has 0 spiro atoms. The Hall–Kier alpha value is -0.570. The third-order valence-electron chi connectivity index (χ3n) is 5.58. The second kappa shape index (κ2) is 5.43. The molecule has 2 aliphatic heterocycles. The summed E-state index contributed by atoms with van der Waals surface area (Å²) in [5, 5.41) is 3.40. The summed E-state index contributed by atoms with van der Waals surface area (Å²) >= 11 is 0. The highest BCUT2D eigenvalue weighted by atomic mass is 16.2. The van der Waals surface area contributed by atoms with Gasteiger partial charge < -0.3 is 10.2 Å². The normalized spacial score (nSPS) is 39.9. The first-order valence-electron chi connectivity index (χ1n) is 7.90. The fourth-order valence-electron chi connectivity index (χ4n) is 3.90. The van der Waals surface area contributed by atoms with E-state index in [9.17, 15) is 4.79 Å². The zero-order valence-corrected chi connectivity index (χ0v) is 13.2. The Bertz CT molecular complexity index is 334. The van der Waals surface area contributed by atoms with Gasteiger partial charge in [0.15, 0.2) is 0 Å². The van der Waals surface area contributed by atoms with Gasteiger partial charge in [0.05, 0.1) is 5.41 Å². The summed E-state index contributed by atoms with van der Waals surface area (Å²) in [6.45, 7) is 14.0. The van der Waals surface area contributed by atoms with E-state index in [0.717, 1.165) is 26.1 Å². The first-order valence-corrected chi connectivity index (χ1v) is 7.90. The van der Waals surface area contributed by atoms with E-state index in [1.54, 1.807) is 0 Å². The summed E-state index contributed by atoms with van der Waals surface area (Å²) in [4.78, 5) is 15.3. The first-order chi connectivity index (χ1) is 8.88. The van der Waals surface area contributed by atoms with E-state index < -0.39 is 0 Å². The van der Waals surface area contributed by atoms with Crippen molar-refractivity contribution in [2.24, 2.45) is 23.2 Å². The number of likely N-dealkylation sites (tertiary alicyclic amines) is 1. The molecule has 4 unspecified atom stereocenters. The van der Waals surface area contributed by atoms with Crippen LogP contribution in [0.4, 0.5) is 0 Å². The van der Waals surface area contributed by atoms with Gasteiger partial charge in [0, 0.05) is 19.1 Å². The van der Waals surface area contributed by atoms with Gasteiger partial charge in [0.25, 0.3) is 0 Å². The van der Waals surface area contributed by atoms with Crippen LogP contribution in [0.25, 0.3) is 0 Å². The van der Waals surface area contributed by atoms with Crippen molar-refractivity contribution in [2.75, 3.05) is 19.6 Å². The molecule has 110 valence electrons. The highest BCUT2D eigenvalue weighted by molar-refractivity contribution is 5.84. The molecular weight excluding hydrogens is 236 g/mol. The summed E-state index contributed by atoms with van der Waals surface area (Å²) in [5.41, 5.74) is -0.162. The van der Waals surface area contributed by atoms with Crippen molar-refractivity contribution < 1.29 is 4.79 Å². The highest BCUT2D eigenvalue weighted by Crippen LogP contribution is 2.39. The minimum atomic E-state index is -0.162. The Labute approximate surface area is 118 Å². The monoisotopic (exact) mass is 266 g/mol. The number of nitrogens with zero attached hydrogens (tertiary/aromatic N) is 1. The Morgan fingerprint density at radius 3 is 2.53 bits per heavy atom. The molecule has 0 aromatic carbocycles. The Kier molecular flexibility index (Phi) is 4.24. The van der Waals surface area contributed by atoms with Gasteiger partial charge in [-0.2, -0.15) is 0 Å². The molecule has 3 nitrogen and oxygen atoms in total. The molecule has 0 radical (unpaired) electrons. The van der Waals surface area contributed by atoms with Gasteiger partial charge in [-0.15, -0.1) is 0 Å². The third kappa shape index (κ3) is 2.54. The quantitative estimate of drug-likeness (QED) is 0.833. The molecule has 0 aromatic heterocycles. The molecular formula is C16H30N2O. The number of carbonyl (C=O) groups excluding carboxylic acids is 1. The van der Waals surface area contributed by atoms with E-state index in [1.165, 1.54) is 6.42 Å². The van der Waals surface area contributed by atoms with Crippen LogP contribution < -0.4 is 5.32 Å². The van der Waals surface area contributed by atoms with Gasteiger partial charge in [-0.25, -0.2) is 0 Å². The molecule has 4 atom stereocenters. The van der Waals surface area contributed by atoms with Crippen LogP contribution >= 0.6 is 0 Å². The first kappa shape index (κ1) is 14.8. The lowest BCUT2D eigenvalue weighted by molar-refractivity contribution is -0.150. The predicted octanol–water partition coefficient (Wildman–Crippen LogP) is 2.52. The van der Waals surface area contributed by atoms with Crippen LogP contribution in [-0.4, -0.2) is 36.5 Å². The van der Waals surface area contributed by atoms with Crippen LogP contribution in [0.3, 0.4) is 0 Å². The zero-order valence-electron chi connectivity index (χ0n) is 13.2. The SMILES string of the molecule is CC1CC(C)C(C)N(C(=O)C2(C(C)C)CCNC2)C1. The van der Waals surface area contributed by atoms with Crippen molar-refractivity contribution in [3.63, 3.8) is 0 Å². The largest absolute Gasteiger partial charge is 0.339 e. The van der Waals surface area contributed by atoms with E-state index in [1.807, 2.05) is 0 Å². The molecule has 0 saturated carbocycles. The fourth-order valence-corrected chi connectivity index (χ4v) is 3.90. The molecule has 1 N–H and O–H groups in total. The summed E-state index contributed by atoms with van der Waals surface area (Å²) in [7, 11) is 0. The van der Waals surface area contributed by atoms with E-state index in [2.05, 4.69) is 44.8 Å². The van der Waals surface area contributed by atoms with E-state index in [0.29, 0.717) is 29.7 Å². The molecule has 0 aliphatic carbocycles. The number of hydrogen-bond donors (Lipinski definition) is 1. The van der Waals surface area contributed by atoms with Crippen LogP contribution in [0.2, 0.25) is 0 Å². The summed E-state index contributed by atoms with van der Waals surface area (Å²) in [6.07, 6.45) is 2.24. The standard InChI is InChI=1S/C16H30N2O/c1-11(2)16(6-7-17-10-16)15(19)18-9-12(3)8-13(4)14(18)5/h11-14,17H,6-10H2,1-5H3. The lowest BCUT2D eigenvalue weighted by atomic mass is 9.73. The minimum Gasteiger partial charge on any atom is -0.339 e. The Morgan fingerprint density at radius 2 is 2.00 bits per heavy atom. The van der Waals surface area contributed by atoms with Gasteiger partial charge in [-0.3, -0.25) is 4.79 Å². The molecule has 3 heteroatoms. The highest BCUT2D eigenvalue weighted by Gasteiger charge is 2.48. The summed E-state index contributed by atoms with van der Waals surface area (Å²) in [5.74, 6) is 2.06. The van der Waals surface area contributed by atoms with Gasteiger partial charge in [-0.05, 0) is 44.1 Å². The van der Waals surface area contributed by atoms with Crippen LogP contribution in [0, 0.1) is 23.2 Å². The Morgan fingerprint density at radius 1 is 1.32 bits per heavy atom. The molecule has 2 aliphatic rings. The summed E-state index contributed by atoms with van der Waals surface area (Å²) < 4.78 is 0. The van der Waals surface area contributed by atoms with Crippen LogP contribution in [0.1, 0.15) is 47.5 Å². The number of nitrogens with one attached hydrogen (secondary N) is 1. The molecule has 1 amide bonds. The van der Waals surface area contributed by atoms with Crippen LogP contribution in [-0.2, 0) is 4.79 Å². The minimum absolute atomic E-state index is 0.162. The zero-order chi connectivity index (χ0) is 14.2. The number of hydrogen-bond acceptors (Lipinski definition) is 2. The Balaban J connectivity index is 2.21. The van der Waals surface area contributed by atoms with Crippen molar-refractivity contribution in [3.05, 3.63) is 0 Å². The lowest BCUT2D eigenvalue weighted by Crippen LogP contribution is -2.56. The van der Waals surface area contributed by atoms with Crippen LogP contribution in [0.15, 0.2) is 0 Å². The van der Waals surface area contributed by atoms with Gasteiger partial charge in [-0.1, -0.05) is 27.7 Å². The van der Waals surface area contributed by atoms with Crippen molar-refractivity contribution in [1.29, 1.82) is 0 Å². The molecule has 2 saturated heterocycles. The lowest BCUT2D eigenvalue weighted by Gasteiger charge is -2.46. The number of amides is 1. The van der Waals surface area contributed by atoms with Gasteiger partial charge in [0.2, 0.25) is 5.91 Å². The molecule has 0 aromatic rings. The number of carbonyl (C=O) groups is 1. The molecule has 2 heterocycles. The topological polar surface area (TPSA) is 32.3 Å². The molecule has 0 bridgehead atoms. The van der Waals surface area contributed by atoms with Gasteiger partial charge in [0.1, 0.15) is 0 Å². The van der Waals surface area contributed by atoms with Crippen LogP contribution in [0.5, 0.6) is 0 Å². The van der Waals surface area contributed by atoms with Gasteiger partial charge >= 0.3 is 0 Å². The predicted molar refractivity (Wildman–Crippen MR) is 78.9 cm³/mol. The average molecular weight is 266 g/mol. The fraction of sp³-hybridized carbons (Fsp3) is 0.938. The molecule has 19 heavy (non-hydrogen) atoms. The number of piperidine rings is 1. The maximum atomic E-state index is 13.2. The van der Waals surface area contributed by atoms with Crippen molar-refractivity contribution in [3.8, 4) is 0 Å². The maximum Gasteiger partial charge on any atom is 0.230 e. The van der Waals surface area contributed by atoms with Crippen molar-refractivity contribution in [1.82, 2.24) is 10.2 Å². The van der Waals surface area contributed by atoms with Crippen molar-refractivity contribution in [2.45, 2.75) is 53.5 Å². The molecule has 2 rings (SSSR count). The van der Waals surface area contributed by atoms with E-state index in [-0.39, 0.29) is 5.41 Å². The second-order valence-corrected chi connectivity index (χ2v) is 7.25. The van der Waals surface area contributed by atoms with E-state index in [4.69, 9.17) is 0 Å². The van der Waals surface area contributed by atoms with Crippen molar-refractivity contribution >= 4 is 5.91 Å². The third-order valence-corrected chi connectivity index (χ3v) is 5.58.